The van der Waals surface area contributed by atoms with Crippen molar-refractivity contribution >= 4 is 27.4 Å². The summed E-state index contributed by atoms with van der Waals surface area (Å²) >= 11 is 3.20. The first-order valence-electron chi connectivity index (χ1n) is 5.77. The highest BCUT2D eigenvalue weighted by atomic mass is 79.9. The van der Waals surface area contributed by atoms with Crippen molar-refractivity contribution in [3.8, 4) is 11.6 Å². The van der Waals surface area contributed by atoms with Gasteiger partial charge in [-0.15, -0.1) is 0 Å². The first-order chi connectivity index (χ1) is 9.58. The minimum Gasteiger partial charge on any atom is -0.437 e. The van der Waals surface area contributed by atoms with E-state index >= 15 is 0 Å². The molecule has 20 heavy (non-hydrogen) atoms. The second-order valence-corrected chi connectivity index (χ2v) is 4.69. The van der Waals surface area contributed by atoms with Crippen molar-refractivity contribution in [1.82, 2.24) is 9.97 Å². The van der Waals surface area contributed by atoms with Crippen LogP contribution < -0.4 is 10.1 Å². The van der Waals surface area contributed by atoms with E-state index in [-0.39, 0.29) is 11.6 Å². The lowest BCUT2D eigenvalue weighted by Crippen LogP contribution is -2.00. The molecule has 8 heteroatoms. The number of nitrogens with one attached hydrogen (secondary N) is 1. The van der Waals surface area contributed by atoms with Crippen LogP contribution in [0.3, 0.4) is 0 Å². The van der Waals surface area contributed by atoms with Crippen molar-refractivity contribution in [3.63, 3.8) is 0 Å². The molecule has 0 unspecified atom stereocenters. The van der Waals surface area contributed by atoms with Gasteiger partial charge < -0.3 is 10.1 Å². The third kappa shape index (κ3) is 3.64. The van der Waals surface area contributed by atoms with Crippen molar-refractivity contribution in [2.75, 3.05) is 11.9 Å². The van der Waals surface area contributed by atoms with Gasteiger partial charge in [0, 0.05) is 17.1 Å². The summed E-state index contributed by atoms with van der Waals surface area (Å²) in [7, 11) is 0. The Hall–Kier alpha value is -2.22. The van der Waals surface area contributed by atoms with Crippen LogP contribution in [0.4, 0.5) is 11.5 Å². The minimum atomic E-state index is -0.488. The van der Waals surface area contributed by atoms with Gasteiger partial charge in [0.1, 0.15) is 11.6 Å². The number of ether oxygens (including phenoxy) is 1. The maximum absolute atomic E-state index is 10.8. The zero-order valence-electron chi connectivity index (χ0n) is 10.5. The van der Waals surface area contributed by atoms with Gasteiger partial charge in [-0.05, 0) is 13.0 Å². The van der Waals surface area contributed by atoms with Gasteiger partial charge in [-0.25, -0.2) is 0 Å². The highest BCUT2D eigenvalue weighted by Gasteiger charge is 2.11. The minimum absolute atomic E-state index is 0.0647. The lowest BCUT2D eigenvalue weighted by atomic mass is 10.3. The monoisotopic (exact) mass is 338 g/mol. The molecule has 1 N–H and O–H groups in total. The maximum atomic E-state index is 10.8. The molecule has 104 valence electrons. The fourth-order valence-corrected chi connectivity index (χ4v) is 1.96. The highest BCUT2D eigenvalue weighted by Crippen LogP contribution is 2.29. The lowest BCUT2D eigenvalue weighted by Gasteiger charge is -2.07. The Morgan fingerprint density at radius 1 is 1.40 bits per heavy atom. The molecule has 0 saturated heterocycles. The Labute approximate surface area is 123 Å². The predicted octanol–water partition coefficient (Wildman–Crippen LogP) is 3.37. The van der Waals surface area contributed by atoms with Crippen LogP contribution in [-0.2, 0) is 0 Å². The topological polar surface area (TPSA) is 90.2 Å². The van der Waals surface area contributed by atoms with Crippen molar-refractivity contribution in [3.05, 3.63) is 45.2 Å². The largest absolute Gasteiger partial charge is 0.437 e. The highest BCUT2D eigenvalue weighted by molar-refractivity contribution is 9.10. The molecule has 0 aliphatic heterocycles. The molecule has 0 saturated carbocycles. The summed E-state index contributed by atoms with van der Waals surface area (Å²) in [5.74, 6) is 1.15. The average molecular weight is 339 g/mol. The zero-order valence-corrected chi connectivity index (χ0v) is 12.1. The summed E-state index contributed by atoms with van der Waals surface area (Å²) in [5, 5.41) is 13.8. The van der Waals surface area contributed by atoms with Crippen LogP contribution in [0.25, 0.3) is 0 Å². The number of nitro benzene ring substituents is 1. The molecular formula is C12H11BrN4O3. The Morgan fingerprint density at radius 2 is 2.20 bits per heavy atom. The maximum Gasteiger partial charge on any atom is 0.274 e. The Kier molecular flexibility index (Phi) is 4.46. The van der Waals surface area contributed by atoms with Gasteiger partial charge in [0.05, 0.1) is 23.4 Å². The van der Waals surface area contributed by atoms with E-state index in [1.807, 2.05) is 6.92 Å². The van der Waals surface area contributed by atoms with Crippen LogP contribution in [-0.4, -0.2) is 21.4 Å². The Bertz CT molecular complexity index is 636. The number of nitrogens with zero attached hydrogens (tertiary/aromatic N) is 3. The van der Waals surface area contributed by atoms with E-state index in [4.69, 9.17) is 4.74 Å². The summed E-state index contributed by atoms with van der Waals surface area (Å²) in [5.41, 5.74) is -0.0647. The molecule has 0 aliphatic rings. The fraction of sp³-hybridized carbons (Fsp3) is 0.167. The second kappa shape index (κ2) is 6.29. The number of anilines is 1. The van der Waals surface area contributed by atoms with Crippen LogP contribution in [0, 0.1) is 10.1 Å². The number of halogens is 1. The molecule has 1 heterocycles. The number of benzene rings is 1. The number of aromatic nitrogens is 2. The van der Waals surface area contributed by atoms with E-state index in [9.17, 15) is 10.1 Å². The van der Waals surface area contributed by atoms with Crippen molar-refractivity contribution in [1.29, 1.82) is 0 Å². The molecule has 0 spiro atoms. The molecule has 1 aromatic carbocycles. The second-order valence-electron chi connectivity index (χ2n) is 3.78. The van der Waals surface area contributed by atoms with Crippen LogP contribution in [0.5, 0.6) is 11.6 Å². The summed E-state index contributed by atoms with van der Waals surface area (Å²) in [6, 6.07) is 4.34. The number of rotatable bonds is 5. The van der Waals surface area contributed by atoms with E-state index in [1.54, 1.807) is 12.3 Å². The average Bonchev–Trinajstić information content (AvgIpc) is 2.38. The van der Waals surface area contributed by atoms with Gasteiger partial charge >= 0.3 is 0 Å². The first kappa shape index (κ1) is 14.2. The van der Waals surface area contributed by atoms with Crippen LogP contribution >= 0.6 is 15.9 Å². The SMILES string of the molecule is CCNc1cncc(Oc2cc(Br)cc([N+](=O)[O-])c2)n1. The Morgan fingerprint density at radius 3 is 2.90 bits per heavy atom. The van der Waals surface area contributed by atoms with Crippen molar-refractivity contribution in [2.24, 2.45) is 0 Å². The van der Waals surface area contributed by atoms with Crippen LogP contribution in [0.2, 0.25) is 0 Å². The number of hydrogen-bond acceptors (Lipinski definition) is 6. The molecule has 7 nitrogen and oxygen atoms in total. The smallest absolute Gasteiger partial charge is 0.274 e. The number of hydrogen-bond donors (Lipinski definition) is 1. The van der Waals surface area contributed by atoms with Gasteiger partial charge in [-0.1, -0.05) is 15.9 Å². The normalized spacial score (nSPS) is 10.1. The molecule has 0 aliphatic carbocycles. The molecule has 1 aromatic heterocycles. The van der Waals surface area contributed by atoms with E-state index in [0.717, 1.165) is 0 Å². The molecule has 0 radical (unpaired) electrons. The molecular weight excluding hydrogens is 328 g/mol. The molecule has 0 amide bonds. The number of non-ortho nitro benzene ring substituents is 1. The summed E-state index contributed by atoms with van der Waals surface area (Å²) in [6.45, 7) is 2.65. The quantitative estimate of drug-likeness (QED) is 0.663. The van der Waals surface area contributed by atoms with Gasteiger partial charge in [0.25, 0.3) is 5.69 Å². The molecule has 0 fully saturated rings. The third-order valence-electron chi connectivity index (χ3n) is 2.26. The number of nitro groups is 1. The van der Waals surface area contributed by atoms with Crippen molar-refractivity contribution in [2.45, 2.75) is 6.92 Å². The van der Waals surface area contributed by atoms with Crippen molar-refractivity contribution < 1.29 is 9.66 Å². The fourth-order valence-electron chi connectivity index (χ4n) is 1.50. The zero-order chi connectivity index (χ0) is 14.5. The summed E-state index contributed by atoms with van der Waals surface area (Å²) in [4.78, 5) is 18.5. The van der Waals surface area contributed by atoms with Gasteiger partial charge in [-0.3, -0.25) is 15.1 Å². The third-order valence-corrected chi connectivity index (χ3v) is 2.72. The molecule has 0 bridgehead atoms. The predicted molar refractivity (Wildman–Crippen MR) is 77.1 cm³/mol. The molecule has 0 atom stereocenters. The molecule has 2 rings (SSSR count). The van der Waals surface area contributed by atoms with Gasteiger partial charge in [0.15, 0.2) is 0 Å². The lowest BCUT2D eigenvalue weighted by molar-refractivity contribution is -0.385. The van der Waals surface area contributed by atoms with Gasteiger partial charge in [0.2, 0.25) is 5.88 Å². The van der Waals surface area contributed by atoms with Crippen LogP contribution in [0.15, 0.2) is 35.1 Å². The van der Waals surface area contributed by atoms with E-state index in [0.29, 0.717) is 22.6 Å². The Balaban J connectivity index is 2.25. The van der Waals surface area contributed by atoms with E-state index in [2.05, 4.69) is 31.2 Å². The van der Waals surface area contributed by atoms with Crippen LogP contribution in [0.1, 0.15) is 6.92 Å². The van der Waals surface area contributed by atoms with E-state index < -0.39 is 4.92 Å². The summed E-state index contributed by atoms with van der Waals surface area (Å²) in [6.07, 6.45) is 3.01. The summed E-state index contributed by atoms with van der Waals surface area (Å²) < 4.78 is 6.04. The van der Waals surface area contributed by atoms with Gasteiger partial charge in [-0.2, -0.15) is 4.98 Å². The standard InChI is InChI=1S/C12H11BrN4O3/c1-2-15-11-6-14-7-12(16-11)20-10-4-8(13)3-9(5-10)17(18)19/h3-7H,2H2,1H3,(H,15,16). The van der Waals surface area contributed by atoms with E-state index in [1.165, 1.54) is 18.3 Å². The first-order valence-corrected chi connectivity index (χ1v) is 6.56. The molecule has 2 aromatic rings.